The first-order chi connectivity index (χ1) is 15.7. The van der Waals surface area contributed by atoms with E-state index in [1.165, 1.54) is 6.07 Å². The van der Waals surface area contributed by atoms with Gasteiger partial charge in [-0.25, -0.2) is 4.39 Å². The highest BCUT2D eigenvalue weighted by atomic mass is 19.1. The quantitative estimate of drug-likeness (QED) is 0.385. The zero-order chi connectivity index (χ0) is 22.2. The Hall–Kier alpha value is -4.17. The van der Waals surface area contributed by atoms with Crippen molar-refractivity contribution in [2.75, 3.05) is 0 Å². The summed E-state index contributed by atoms with van der Waals surface area (Å²) < 4.78 is 25.3. The van der Waals surface area contributed by atoms with E-state index in [2.05, 4.69) is 22.0 Å². The van der Waals surface area contributed by atoms with E-state index >= 15 is 0 Å². The lowest BCUT2D eigenvalue weighted by atomic mass is 10.1. The van der Waals surface area contributed by atoms with Crippen molar-refractivity contribution in [3.8, 4) is 23.5 Å². The smallest absolute Gasteiger partial charge is 0.276 e. The topological polar surface area (TPSA) is 44.2 Å². The Labute approximate surface area is 186 Å². The molecular weight excluding hydrogens is 403 g/mol. The molecule has 3 aromatic carbocycles. The van der Waals surface area contributed by atoms with Gasteiger partial charge in [0.25, 0.3) is 5.88 Å². The highest BCUT2D eigenvalue weighted by molar-refractivity contribution is 5.45. The van der Waals surface area contributed by atoms with Crippen molar-refractivity contribution in [3.63, 3.8) is 0 Å². The molecule has 0 spiro atoms. The van der Waals surface area contributed by atoms with Crippen LogP contribution in [-0.2, 0) is 13.2 Å². The standard InChI is InChI=1S/C27H21FN2O2/c1-20-16-21(13-15-25(20)28)12-14-24-17-26(31-18-22-8-4-2-5-9-22)27(30-29-24)32-19-23-10-6-3-7-11-23/h2-11,13,15-17H,18-19H2,1H3. The molecule has 158 valence electrons. The lowest BCUT2D eigenvalue weighted by Crippen LogP contribution is -2.04. The van der Waals surface area contributed by atoms with Crippen LogP contribution in [0.25, 0.3) is 0 Å². The zero-order valence-corrected chi connectivity index (χ0v) is 17.6. The molecule has 0 radical (unpaired) electrons. The average molecular weight is 424 g/mol. The van der Waals surface area contributed by atoms with Crippen LogP contribution < -0.4 is 9.47 Å². The van der Waals surface area contributed by atoms with Crippen LogP contribution in [0.15, 0.2) is 84.9 Å². The summed E-state index contributed by atoms with van der Waals surface area (Å²) in [5, 5.41) is 8.35. The second-order valence-corrected chi connectivity index (χ2v) is 7.16. The van der Waals surface area contributed by atoms with E-state index in [1.54, 1.807) is 25.1 Å². The second-order valence-electron chi connectivity index (χ2n) is 7.16. The van der Waals surface area contributed by atoms with Gasteiger partial charge in [0.2, 0.25) is 0 Å². The van der Waals surface area contributed by atoms with Gasteiger partial charge >= 0.3 is 0 Å². The zero-order valence-electron chi connectivity index (χ0n) is 17.6. The van der Waals surface area contributed by atoms with E-state index < -0.39 is 0 Å². The Morgan fingerprint density at radius 2 is 1.41 bits per heavy atom. The predicted octanol–water partition coefficient (Wildman–Crippen LogP) is 5.48. The molecule has 1 aromatic heterocycles. The maximum Gasteiger partial charge on any atom is 0.276 e. The van der Waals surface area contributed by atoms with Crippen molar-refractivity contribution < 1.29 is 13.9 Å². The third-order valence-corrected chi connectivity index (χ3v) is 4.68. The summed E-state index contributed by atoms with van der Waals surface area (Å²) in [6, 6.07) is 26.1. The molecule has 4 rings (SSSR count). The maximum absolute atomic E-state index is 13.5. The number of hydrogen-bond acceptors (Lipinski definition) is 4. The predicted molar refractivity (Wildman–Crippen MR) is 121 cm³/mol. The Morgan fingerprint density at radius 3 is 2.06 bits per heavy atom. The highest BCUT2D eigenvalue weighted by Gasteiger charge is 2.11. The molecule has 0 saturated heterocycles. The number of halogens is 1. The first-order valence-corrected chi connectivity index (χ1v) is 10.2. The molecule has 4 nitrogen and oxygen atoms in total. The summed E-state index contributed by atoms with van der Waals surface area (Å²) in [5.41, 5.74) is 3.70. The van der Waals surface area contributed by atoms with Gasteiger partial charge < -0.3 is 9.47 Å². The number of hydrogen-bond donors (Lipinski definition) is 0. The van der Waals surface area contributed by atoms with E-state index in [1.807, 2.05) is 60.7 Å². The molecule has 0 unspecified atom stereocenters. The van der Waals surface area contributed by atoms with Gasteiger partial charge in [0, 0.05) is 11.6 Å². The Kier molecular flexibility index (Phi) is 6.74. The second kappa shape index (κ2) is 10.2. The fourth-order valence-electron chi connectivity index (χ4n) is 2.95. The van der Waals surface area contributed by atoms with Gasteiger partial charge in [0.15, 0.2) is 5.75 Å². The van der Waals surface area contributed by atoms with Crippen LogP contribution in [0.5, 0.6) is 11.6 Å². The summed E-state index contributed by atoms with van der Waals surface area (Å²) in [5.74, 6) is 6.46. The Morgan fingerprint density at radius 1 is 0.750 bits per heavy atom. The highest BCUT2D eigenvalue weighted by Crippen LogP contribution is 2.26. The van der Waals surface area contributed by atoms with Crippen molar-refractivity contribution >= 4 is 0 Å². The number of benzene rings is 3. The third-order valence-electron chi connectivity index (χ3n) is 4.68. The molecule has 4 aromatic rings. The molecular formula is C27H21FN2O2. The van der Waals surface area contributed by atoms with Gasteiger partial charge in [-0.2, -0.15) is 0 Å². The number of rotatable bonds is 6. The normalized spacial score (nSPS) is 10.2. The minimum Gasteiger partial charge on any atom is -0.483 e. The minimum absolute atomic E-state index is 0.258. The van der Waals surface area contributed by atoms with Gasteiger partial charge in [0.05, 0.1) is 0 Å². The number of aromatic nitrogens is 2. The van der Waals surface area contributed by atoms with E-state index in [0.717, 1.165) is 11.1 Å². The molecule has 0 atom stereocenters. The van der Waals surface area contributed by atoms with Gasteiger partial charge in [-0.15, -0.1) is 10.2 Å². The first kappa shape index (κ1) is 21.1. The Balaban J connectivity index is 1.56. The van der Waals surface area contributed by atoms with Crippen molar-refractivity contribution in [3.05, 3.63) is 119 Å². The van der Waals surface area contributed by atoms with Crippen molar-refractivity contribution in [2.24, 2.45) is 0 Å². The monoisotopic (exact) mass is 424 g/mol. The number of aryl methyl sites for hydroxylation is 1. The van der Waals surface area contributed by atoms with E-state index in [-0.39, 0.29) is 5.82 Å². The van der Waals surface area contributed by atoms with Crippen LogP contribution in [0, 0.1) is 24.6 Å². The third kappa shape index (κ3) is 5.71. The van der Waals surface area contributed by atoms with Crippen LogP contribution in [0.1, 0.15) is 27.9 Å². The largest absolute Gasteiger partial charge is 0.483 e. The van der Waals surface area contributed by atoms with Crippen LogP contribution in [-0.4, -0.2) is 10.2 Å². The van der Waals surface area contributed by atoms with Gasteiger partial charge in [0.1, 0.15) is 24.7 Å². The first-order valence-electron chi connectivity index (χ1n) is 10.2. The molecule has 1 heterocycles. The van der Waals surface area contributed by atoms with Crippen molar-refractivity contribution in [1.29, 1.82) is 0 Å². The van der Waals surface area contributed by atoms with E-state index in [0.29, 0.717) is 41.7 Å². The molecule has 0 aliphatic heterocycles. The SMILES string of the molecule is Cc1cc(C#Cc2cc(OCc3ccccc3)c(OCc3ccccc3)nn2)ccc1F. The molecule has 0 fully saturated rings. The molecule has 0 aliphatic carbocycles. The van der Waals surface area contributed by atoms with E-state index in [9.17, 15) is 4.39 Å². The van der Waals surface area contributed by atoms with Crippen LogP contribution in [0.3, 0.4) is 0 Å². The fourth-order valence-corrected chi connectivity index (χ4v) is 2.95. The van der Waals surface area contributed by atoms with Crippen molar-refractivity contribution in [2.45, 2.75) is 20.1 Å². The molecule has 32 heavy (non-hydrogen) atoms. The minimum atomic E-state index is -0.258. The summed E-state index contributed by atoms with van der Waals surface area (Å²) in [6.07, 6.45) is 0. The van der Waals surface area contributed by atoms with Crippen LogP contribution in [0.4, 0.5) is 4.39 Å². The molecule has 0 aliphatic rings. The van der Waals surface area contributed by atoms with Crippen molar-refractivity contribution in [1.82, 2.24) is 10.2 Å². The molecule has 0 N–H and O–H groups in total. The van der Waals surface area contributed by atoms with Crippen LogP contribution in [0.2, 0.25) is 0 Å². The lowest BCUT2D eigenvalue weighted by molar-refractivity contribution is 0.244. The van der Waals surface area contributed by atoms with Crippen LogP contribution >= 0.6 is 0 Å². The average Bonchev–Trinajstić information content (AvgIpc) is 2.84. The molecule has 0 saturated carbocycles. The van der Waals surface area contributed by atoms with Gasteiger partial charge in [-0.05, 0) is 47.7 Å². The van der Waals surface area contributed by atoms with Gasteiger partial charge in [-0.1, -0.05) is 66.6 Å². The maximum atomic E-state index is 13.5. The Bertz CT molecular complexity index is 1250. The summed E-state index contributed by atoms with van der Waals surface area (Å²) in [7, 11) is 0. The van der Waals surface area contributed by atoms with Gasteiger partial charge in [-0.3, -0.25) is 0 Å². The number of ether oxygens (including phenoxy) is 2. The summed E-state index contributed by atoms with van der Waals surface area (Å²) in [6.45, 7) is 2.41. The summed E-state index contributed by atoms with van der Waals surface area (Å²) in [4.78, 5) is 0. The summed E-state index contributed by atoms with van der Waals surface area (Å²) >= 11 is 0. The molecule has 0 amide bonds. The number of nitrogens with zero attached hydrogens (tertiary/aromatic N) is 2. The molecule has 0 bridgehead atoms. The van der Waals surface area contributed by atoms with E-state index in [4.69, 9.17) is 9.47 Å². The molecule has 5 heteroatoms. The lowest BCUT2D eigenvalue weighted by Gasteiger charge is -2.11. The fraction of sp³-hybridized carbons (Fsp3) is 0.111.